The summed E-state index contributed by atoms with van der Waals surface area (Å²) in [5.41, 5.74) is 2.53. The van der Waals surface area contributed by atoms with Gasteiger partial charge in [-0.25, -0.2) is 10.8 Å². The summed E-state index contributed by atoms with van der Waals surface area (Å²) in [6.07, 6.45) is 3.63. The lowest BCUT2D eigenvalue weighted by Crippen LogP contribution is -2.18. The van der Waals surface area contributed by atoms with Crippen LogP contribution >= 0.6 is 11.3 Å². The fraction of sp³-hybridized carbons (Fsp3) is 0.571. The van der Waals surface area contributed by atoms with Crippen molar-refractivity contribution in [1.29, 1.82) is 0 Å². The molecule has 0 aliphatic rings. The average molecular weight is 293 g/mol. The van der Waals surface area contributed by atoms with Crippen LogP contribution in [0.4, 0.5) is 11.8 Å². The van der Waals surface area contributed by atoms with E-state index in [4.69, 9.17) is 5.84 Å². The monoisotopic (exact) mass is 293 g/mol. The first-order chi connectivity index (χ1) is 9.60. The van der Waals surface area contributed by atoms with Gasteiger partial charge in [0.15, 0.2) is 0 Å². The van der Waals surface area contributed by atoms with Crippen LogP contribution < -0.4 is 16.6 Å². The third kappa shape index (κ3) is 3.80. The first-order valence-corrected chi connectivity index (χ1v) is 7.96. The molecule has 20 heavy (non-hydrogen) atoms. The van der Waals surface area contributed by atoms with E-state index in [1.54, 1.807) is 11.3 Å². The highest BCUT2D eigenvalue weighted by Gasteiger charge is 2.11. The van der Waals surface area contributed by atoms with Gasteiger partial charge in [-0.2, -0.15) is 4.98 Å². The largest absolute Gasteiger partial charge is 0.367 e. The first kappa shape index (κ1) is 15.0. The molecule has 6 heteroatoms. The summed E-state index contributed by atoms with van der Waals surface area (Å²) >= 11 is 1.59. The van der Waals surface area contributed by atoms with Crippen LogP contribution in [0, 0.1) is 5.92 Å². The van der Waals surface area contributed by atoms with Gasteiger partial charge in [0.2, 0.25) is 5.95 Å². The lowest BCUT2D eigenvalue weighted by Gasteiger charge is -2.16. The second-order valence-electron chi connectivity index (χ2n) is 5.55. The molecule has 0 spiro atoms. The lowest BCUT2D eigenvalue weighted by atomic mass is 10.0. The zero-order valence-corrected chi connectivity index (χ0v) is 13.1. The molecule has 0 radical (unpaired) electrons. The smallest absolute Gasteiger partial charge is 0.240 e. The van der Waals surface area contributed by atoms with Gasteiger partial charge in [0.25, 0.3) is 0 Å². The third-order valence-electron chi connectivity index (χ3n) is 3.26. The number of nitrogens with one attached hydrogen (secondary N) is 2. The molecule has 2 aromatic heterocycles. The van der Waals surface area contributed by atoms with E-state index in [0.29, 0.717) is 12.0 Å². The minimum atomic E-state index is 0.386. The van der Waals surface area contributed by atoms with Gasteiger partial charge in [-0.3, -0.25) is 5.43 Å². The van der Waals surface area contributed by atoms with Crippen LogP contribution in [0.2, 0.25) is 0 Å². The molecular weight excluding hydrogens is 270 g/mol. The lowest BCUT2D eigenvalue weighted by molar-refractivity contribution is 0.520. The summed E-state index contributed by atoms with van der Waals surface area (Å²) in [5, 5.41) is 6.56. The Kier molecular flexibility index (Phi) is 5.14. The van der Waals surface area contributed by atoms with Crippen molar-refractivity contribution in [2.45, 2.75) is 46.1 Å². The predicted molar refractivity (Wildman–Crippen MR) is 87.0 cm³/mol. The number of rotatable bonds is 7. The Bertz CT molecular complexity index is 551. The molecule has 0 fully saturated rings. The molecule has 5 nitrogen and oxygen atoms in total. The van der Waals surface area contributed by atoms with E-state index in [2.05, 4.69) is 41.5 Å². The van der Waals surface area contributed by atoms with E-state index in [-0.39, 0.29) is 0 Å². The zero-order valence-electron chi connectivity index (χ0n) is 12.3. The Morgan fingerprint density at radius 1 is 1.25 bits per heavy atom. The number of nitrogens with two attached hydrogens (primary N) is 1. The molecule has 1 unspecified atom stereocenters. The maximum absolute atomic E-state index is 5.42. The maximum atomic E-state index is 5.42. The van der Waals surface area contributed by atoms with Crippen LogP contribution in [0.25, 0.3) is 10.2 Å². The Morgan fingerprint density at radius 2 is 2.05 bits per heavy atom. The van der Waals surface area contributed by atoms with Crippen LogP contribution in [0.15, 0.2) is 11.4 Å². The molecule has 0 aromatic carbocycles. The Morgan fingerprint density at radius 3 is 2.75 bits per heavy atom. The van der Waals surface area contributed by atoms with Gasteiger partial charge in [-0.1, -0.05) is 26.7 Å². The van der Waals surface area contributed by atoms with Crippen LogP contribution in [-0.4, -0.2) is 16.0 Å². The standard InChI is InChI=1S/C14H23N5S/c1-9(2)5-4-6-10(3)16-12-11-7-8-20-13(11)18-14(17-12)19-15/h7-10H,4-6,15H2,1-3H3,(H2,16,17,18,19). The van der Waals surface area contributed by atoms with Gasteiger partial charge in [0, 0.05) is 6.04 Å². The number of thiophene rings is 1. The van der Waals surface area contributed by atoms with Crippen LogP contribution in [0.1, 0.15) is 40.0 Å². The quantitative estimate of drug-likeness (QED) is 0.537. The first-order valence-electron chi connectivity index (χ1n) is 7.08. The Balaban J connectivity index is 2.06. The normalized spacial score (nSPS) is 12.8. The summed E-state index contributed by atoms with van der Waals surface area (Å²) in [6, 6.07) is 2.43. The summed E-state index contributed by atoms with van der Waals surface area (Å²) in [5.74, 6) is 7.50. The van der Waals surface area contributed by atoms with E-state index in [9.17, 15) is 0 Å². The fourth-order valence-electron chi connectivity index (χ4n) is 2.17. The molecular formula is C14H23N5S. The van der Waals surface area contributed by atoms with Gasteiger partial charge in [-0.05, 0) is 30.7 Å². The number of nitrogen functional groups attached to an aromatic ring is 1. The topological polar surface area (TPSA) is 75.9 Å². The predicted octanol–water partition coefficient (Wildman–Crippen LogP) is 3.60. The summed E-state index contributed by atoms with van der Waals surface area (Å²) in [6.45, 7) is 6.71. The third-order valence-corrected chi connectivity index (χ3v) is 4.06. The van der Waals surface area contributed by atoms with Crippen LogP contribution in [0.5, 0.6) is 0 Å². The molecule has 110 valence electrons. The van der Waals surface area contributed by atoms with Crippen molar-refractivity contribution in [2.24, 2.45) is 11.8 Å². The highest BCUT2D eigenvalue weighted by Crippen LogP contribution is 2.27. The molecule has 4 N–H and O–H groups in total. The van der Waals surface area contributed by atoms with E-state index >= 15 is 0 Å². The van der Waals surface area contributed by atoms with E-state index < -0.39 is 0 Å². The minimum Gasteiger partial charge on any atom is -0.367 e. The molecule has 2 aromatic rings. The molecule has 0 saturated heterocycles. The van der Waals surface area contributed by atoms with Crippen molar-refractivity contribution >= 4 is 33.3 Å². The zero-order chi connectivity index (χ0) is 14.5. The summed E-state index contributed by atoms with van der Waals surface area (Å²) < 4.78 is 0. The summed E-state index contributed by atoms with van der Waals surface area (Å²) in [7, 11) is 0. The molecule has 0 amide bonds. The van der Waals surface area contributed by atoms with E-state index in [0.717, 1.165) is 28.4 Å². The van der Waals surface area contributed by atoms with Gasteiger partial charge in [0.05, 0.1) is 5.39 Å². The highest BCUT2D eigenvalue weighted by molar-refractivity contribution is 7.16. The molecule has 0 aliphatic heterocycles. The Hall–Kier alpha value is -1.40. The van der Waals surface area contributed by atoms with Crippen LogP contribution in [-0.2, 0) is 0 Å². The number of hydrogen-bond acceptors (Lipinski definition) is 6. The molecule has 0 aliphatic carbocycles. The minimum absolute atomic E-state index is 0.386. The van der Waals surface area contributed by atoms with Crippen molar-refractivity contribution in [3.63, 3.8) is 0 Å². The van der Waals surface area contributed by atoms with Gasteiger partial charge < -0.3 is 5.32 Å². The van der Waals surface area contributed by atoms with Gasteiger partial charge in [-0.15, -0.1) is 11.3 Å². The van der Waals surface area contributed by atoms with Crippen LogP contribution in [0.3, 0.4) is 0 Å². The number of fused-ring (bicyclic) bond motifs is 1. The van der Waals surface area contributed by atoms with Gasteiger partial charge >= 0.3 is 0 Å². The second kappa shape index (κ2) is 6.85. The highest BCUT2D eigenvalue weighted by atomic mass is 32.1. The van der Waals surface area contributed by atoms with Crippen molar-refractivity contribution in [1.82, 2.24) is 9.97 Å². The number of hydrogen-bond donors (Lipinski definition) is 3. The molecule has 2 rings (SSSR count). The second-order valence-corrected chi connectivity index (χ2v) is 6.44. The number of anilines is 2. The number of aromatic nitrogens is 2. The van der Waals surface area contributed by atoms with E-state index in [1.165, 1.54) is 12.8 Å². The van der Waals surface area contributed by atoms with Crippen molar-refractivity contribution < 1.29 is 0 Å². The van der Waals surface area contributed by atoms with Crippen molar-refractivity contribution in [3.8, 4) is 0 Å². The van der Waals surface area contributed by atoms with Crippen molar-refractivity contribution in [2.75, 3.05) is 10.7 Å². The fourth-order valence-corrected chi connectivity index (χ4v) is 2.93. The Labute approximate surface area is 124 Å². The maximum Gasteiger partial charge on any atom is 0.240 e. The SMILES string of the molecule is CC(C)CCCC(C)Nc1nc(NN)nc2sccc12. The molecule has 2 heterocycles. The van der Waals surface area contributed by atoms with Gasteiger partial charge in [0.1, 0.15) is 10.6 Å². The molecule has 1 atom stereocenters. The van der Waals surface area contributed by atoms with E-state index in [1.807, 2.05) is 11.4 Å². The molecule has 0 saturated carbocycles. The number of nitrogens with zero attached hydrogens (tertiary/aromatic N) is 2. The van der Waals surface area contributed by atoms with Crippen molar-refractivity contribution in [3.05, 3.63) is 11.4 Å². The summed E-state index contributed by atoms with van der Waals surface area (Å²) in [4.78, 5) is 9.71. The number of hydrazine groups is 1. The average Bonchev–Trinajstić information content (AvgIpc) is 2.86. The molecule has 0 bridgehead atoms.